The number of nitrogens with zero attached hydrogens (tertiary/aromatic N) is 4. The molecule has 1 aliphatic heterocycles. The fourth-order valence-corrected chi connectivity index (χ4v) is 3.26. The van der Waals surface area contributed by atoms with Gasteiger partial charge in [0.05, 0.1) is 20.2 Å². The lowest BCUT2D eigenvalue weighted by atomic mass is 10.1. The van der Waals surface area contributed by atoms with Crippen LogP contribution in [0, 0.1) is 6.92 Å². The van der Waals surface area contributed by atoms with E-state index in [1.165, 1.54) is 0 Å². The maximum atomic E-state index is 12.9. The molecule has 1 aromatic heterocycles. The summed E-state index contributed by atoms with van der Waals surface area (Å²) in [6.45, 7) is 2.49. The number of aromatic nitrogens is 3. The number of carbonyl (C=O) groups excluding carboxylic acids is 2. The van der Waals surface area contributed by atoms with Crippen molar-refractivity contribution >= 4 is 11.8 Å². The Labute approximate surface area is 152 Å². The third-order valence-electron chi connectivity index (χ3n) is 4.73. The second kappa shape index (κ2) is 7.55. The first-order valence-electron chi connectivity index (χ1n) is 8.56. The Kier molecular flexibility index (Phi) is 5.20. The first-order chi connectivity index (χ1) is 12.5. The Morgan fingerprint density at radius 3 is 2.81 bits per heavy atom. The molecule has 0 aliphatic carbocycles. The van der Waals surface area contributed by atoms with Gasteiger partial charge in [0.15, 0.2) is 5.82 Å². The minimum atomic E-state index is -0.563. The molecule has 1 aliphatic rings. The van der Waals surface area contributed by atoms with E-state index in [1.54, 1.807) is 19.1 Å². The second-order valence-corrected chi connectivity index (χ2v) is 6.24. The van der Waals surface area contributed by atoms with E-state index in [9.17, 15) is 9.59 Å². The summed E-state index contributed by atoms with van der Waals surface area (Å²) < 4.78 is 7.23. The van der Waals surface area contributed by atoms with Crippen LogP contribution >= 0.6 is 0 Å². The number of hydrogen-bond donors (Lipinski definition) is 1. The zero-order valence-corrected chi connectivity index (χ0v) is 15.2. The van der Waals surface area contributed by atoms with Crippen LogP contribution in [0.15, 0.2) is 24.3 Å². The summed E-state index contributed by atoms with van der Waals surface area (Å²) in [6, 6.07) is 7.07. The van der Waals surface area contributed by atoms with Crippen LogP contribution in [-0.4, -0.2) is 51.7 Å². The highest BCUT2D eigenvalue weighted by atomic mass is 16.5. The van der Waals surface area contributed by atoms with Crippen molar-refractivity contribution < 1.29 is 14.3 Å². The smallest absolute Gasteiger partial charge is 0.244 e. The quantitative estimate of drug-likeness (QED) is 0.850. The summed E-state index contributed by atoms with van der Waals surface area (Å²) in [5, 5.41) is 10.8. The molecular formula is C18H23N5O3. The van der Waals surface area contributed by atoms with Crippen molar-refractivity contribution in [3.63, 3.8) is 0 Å². The third-order valence-corrected chi connectivity index (χ3v) is 4.73. The fourth-order valence-electron chi connectivity index (χ4n) is 3.26. The van der Waals surface area contributed by atoms with Crippen LogP contribution in [0.5, 0.6) is 5.75 Å². The van der Waals surface area contributed by atoms with Crippen molar-refractivity contribution in [3.05, 3.63) is 41.5 Å². The predicted octanol–water partition coefficient (Wildman–Crippen LogP) is 0.685. The average molecular weight is 357 g/mol. The summed E-state index contributed by atoms with van der Waals surface area (Å²) in [4.78, 5) is 26.8. The molecule has 3 rings (SSSR count). The molecule has 8 heteroatoms. The van der Waals surface area contributed by atoms with Gasteiger partial charge < -0.3 is 19.5 Å². The molecular weight excluding hydrogens is 334 g/mol. The molecule has 1 aromatic carbocycles. The van der Waals surface area contributed by atoms with Crippen LogP contribution < -0.4 is 10.1 Å². The Balaban J connectivity index is 1.76. The number of fused-ring (bicyclic) bond motifs is 1. The number of benzene rings is 1. The number of likely N-dealkylation sites (N-methyl/N-ethyl adjacent to an activating group) is 1. The number of nitrogens with one attached hydrogen (secondary N) is 1. The van der Waals surface area contributed by atoms with Gasteiger partial charge in [-0.15, -0.1) is 10.2 Å². The second-order valence-electron chi connectivity index (χ2n) is 6.24. The van der Waals surface area contributed by atoms with E-state index in [4.69, 9.17) is 4.74 Å². The summed E-state index contributed by atoms with van der Waals surface area (Å²) in [5.74, 6) is 1.94. The number of amides is 2. The van der Waals surface area contributed by atoms with Crippen LogP contribution in [0.1, 0.15) is 23.6 Å². The zero-order valence-electron chi connectivity index (χ0n) is 15.2. The van der Waals surface area contributed by atoms with Gasteiger partial charge in [0.1, 0.15) is 17.6 Å². The van der Waals surface area contributed by atoms with E-state index >= 15 is 0 Å². The monoisotopic (exact) mass is 357 g/mol. The molecule has 0 saturated carbocycles. The first kappa shape index (κ1) is 17.9. The summed E-state index contributed by atoms with van der Waals surface area (Å²) >= 11 is 0. The molecule has 2 amide bonds. The predicted molar refractivity (Wildman–Crippen MR) is 94.5 cm³/mol. The van der Waals surface area contributed by atoms with E-state index in [2.05, 4.69) is 15.5 Å². The number of aryl methyl sites for hydroxylation is 2. The van der Waals surface area contributed by atoms with Gasteiger partial charge in [0, 0.05) is 13.5 Å². The Morgan fingerprint density at radius 2 is 2.08 bits per heavy atom. The Bertz CT molecular complexity index is 817. The van der Waals surface area contributed by atoms with Crippen molar-refractivity contribution in [3.8, 4) is 5.75 Å². The van der Waals surface area contributed by atoms with E-state index in [0.29, 0.717) is 25.2 Å². The minimum Gasteiger partial charge on any atom is -0.496 e. The lowest BCUT2D eigenvalue weighted by Crippen LogP contribution is -2.53. The zero-order chi connectivity index (χ0) is 18.7. The van der Waals surface area contributed by atoms with Gasteiger partial charge in [0.2, 0.25) is 11.8 Å². The molecule has 1 atom stereocenters. The molecule has 1 unspecified atom stereocenters. The standard InChI is InChI=1S/C18H23N5O3/c1-12-20-21-16-11-23(14(10-22(12)16)18(25)19-2)17(24)9-8-13-6-4-5-7-15(13)26-3/h4-7,14H,8-11H2,1-3H3,(H,19,25). The van der Waals surface area contributed by atoms with Crippen molar-refractivity contribution in [2.24, 2.45) is 0 Å². The highest BCUT2D eigenvalue weighted by Crippen LogP contribution is 2.22. The van der Waals surface area contributed by atoms with E-state index in [-0.39, 0.29) is 18.4 Å². The highest BCUT2D eigenvalue weighted by molar-refractivity contribution is 5.87. The number of carbonyl (C=O) groups is 2. The average Bonchev–Trinajstić information content (AvgIpc) is 3.04. The topological polar surface area (TPSA) is 89.4 Å². The maximum Gasteiger partial charge on any atom is 0.244 e. The number of ether oxygens (including phenoxy) is 1. The van der Waals surface area contributed by atoms with Crippen molar-refractivity contribution in [2.45, 2.75) is 38.9 Å². The molecule has 138 valence electrons. The normalized spacial score (nSPS) is 16.1. The Hall–Kier alpha value is -2.90. The van der Waals surface area contributed by atoms with Gasteiger partial charge >= 0.3 is 0 Å². The molecule has 1 N–H and O–H groups in total. The van der Waals surface area contributed by atoms with Gasteiger partial charge in [-0.3, -0.25) is 9.59 Å². The largest absolute Gasteiger partial charge is 0.496 e. The van der Waals surface area contributed by atoms with E-state index in [0.717, 1.165) is 17.1 Å². The van der Waals surface area contributed by atoms with Crippen LogP contribution in [-0.2, 0) is 29.1 Å². The molecule has 2 aromatic rings. The summed E-state index contributed by atoms with van der Waals surface area (Å²) in [6.07, 6.45) is 0.840. The molecule has 0 fully saturated rings. The van der Waals surface area contributed by atoms with Gasteiger partial charge in [-0.25, -0.2) is 0 Å². The third kappa shape index (κ3) is 3.40. The van der Waals surface area contributed by atoms with Crippen LogP contribution in [0.3, 0.4) is 0 Å². The SMILES string of the molecule is CNC(=O)C1Cn2c(C)nnc2CN1C(=O)CCc1ccccc1OC. The van der Waals surface area contributed by atoms with E-state index in [1.807, 2.05) is 35.8 Å². The molecule has 26 heavy (non-hydrogen) atoms. The summed E-state index contributed by atoms with van der Waals surface area (Å²) in [7, 11) is 3.19. The molecule has 2 heterocycles. The minimum absolute atomic E-state index is 0.0867. The fraction of sp³-hybridized carbons (Fsp3) is 0.444. The van der Waals surface area contributed by atoms with Crippen molar-refractivity contribution in [2.75, 3.05) is 14.2 Å². The van der Waals surface area contributed by atoms with Crippen LogP contribution in [0.25, 0.3) is 0 Å². The lowest BCUT2D eigenvalue weighted by molar-refractivity contribution is -0.142. The van der Waals surface area contributed by atoms with Crippen LogP contribution in [0.2, 0.25) is 0 Å². The van der Waals surface area contributed by atoms with Gasteiger partial charge in [-0.05, 0) is 25.0 Å². The van der Waals surface area contributed by atoms with E-state index < -0.39 is 6.04 Å². The van der Waals surface area contributed by atoms with Crippen molar-refractivity contribution in [1.82, 2.24) is 25.0 Å². The number of para-hydroxylation sites is 1. The highest BCUT2D eigenvalue weighted by Gasteiger charge is 2.35. The van der Waals surface area contributed by atoms with Crippen molar-refractivity contribution in [1.29, 1.82) is 0 Å². The summed E-state index contributed by atoms with van der Waals surface area (Å²) in [5.41, 5.74) is 0.968. The number of hydrogen-bond acceptors (Lipinski definition) is 5. The maximum absolute atomic E-state index is 12.9. The van der Waals surface area contributed by atoms with Gasteiger partial charge in [-0.2, -0.15) is 0 Å². The first-order valence-corrected chi connectivity index (χ1v) is 8.56. The molecule has 0 spiro atoms. The van der Waals surface area contributed by atoms with Gasteiger partial charge in [0.25, 0.3) is 0 Å². The molecule has 8 nitrogen and oxygen atoms in total. The Morgan fingerprint density at radius 1 is 1.31 bits per heavy atom. The van der Waals surface area contributed by atoms with Crippen LogP contribution in [0.4, 0.5) is 0 Å². The number of methoxy groups -OCH3 is 1. The molecule has 0 radical (unpaired) electrons. The lowest BCUT2D eigenvalue weighted by Gasteiger charge is -2.35. The van der Waals surface area contributed by atoms with Gasteiger partial charge in [-0.1, -0.05) is 18.2 Å². The number of rotatable bonds is 5. The molecule has 0 bridgehead atoms. The molecule has 0 saturated heterocycles.